The quantitative estimate of drug-likeness (QED) is 0.740. The van der Waals surface area contributed by atoms with Crippen LogP contribution in [0.15, 0.2) is 58.1 Å². The second kappa shape index (κ2) is 6.35. The lowest BCUT2D eigenvalue weighted by atomic mass is 10.3. The first-order chi connectivity index (χ1) is 11.0. The zero-order valence-corrected chi connectivity index (χ0v) is 13.9. The Bertz CT molecular complexity index is 874. The smallest absolute Gasteiger partial charge is 0.271 e. The Kier molecular flexibility index (Phi) is 4.26. The second-order valence-corrected chi connectivity index (χ2v) is 7.66. The van der Waals surface area contributed by atoms with Gasteiger partial charge in [-0.1, -0.05) is 6.07 Å². The summed E-state index contributed by atoms with van der Waals surface area (Å²) in [6, 6.07) is 13.9. The summed E-state index contributed by atoms with van der Waals surface area (Å²) in [7, 11) is -3.52. The lowest BCUT2D eigenvalue weighted by molar-refractivity contribution is 0.603. The minimum Gasteiger partial charge on any atom is -0.339 e. The van der Waals surface area contributed by atoms with Gasteiger partial charge in [-0.3, -0.25) is 4.72 Å². The first-order valence-electron chi connectivity index (χ1n) is 6.77. The van der Waals surface area contributed by atoms with Crippen LogP contribution in [0.4, 0.5) is 17.2 Å². The van der Waals surface area contributed by atoms with Crippen molar-refractivity contribution in [1.29, 1.82) is 0 Å². The molecule has 0 spiro atoms. The topological polar surface area (TPSA) is 84.0 Å². The normalized spacial score (nSPS) is 11.2. The maximum Gasteiger partial charge on any atom is 0.271 e. The van der Waals surface area contributed by atoms with E-state index in [1.807, 2.05) is 19.1 Å². The van der Waals surface area contributed by atoms with Gasteiger partial charge in [0.1, 0.15) is 4.21 Å². The molecular formula is C15H14N4O2S2. The number of nitrogens with zero attached hydrogens (tertiary/aromatic N) is 2. The van der Waals surface area contributed by atoms with E-state index >= 15 is 0 Å². The molecular weight excluding hydrogens is 332 g/mol. The first-order valence-corrected chi connectivity index (χ1v) is 9.13. The molecule has 1 aromatic carbocycles. The molecule has 0 saturated carbocycles. The summed E-state index contributed by atoms with van der Waals surface area (Å²) < 4.78 is 27.1. The van der Waals surface area contributed by atoms with E-state index in [0.717, 1.165) is 11.4 Å². The van der Waals surface area contributed by atoms with E-state index in [0.29, 0.717) is 11.5 Å². The van der Waals surface area contributed by atoms with E-state index < -0.39 is 10.0 Å². The van der Waals surface area contributed by atoms with E-state index in [9.17, 15) is 8.42 Å². The number of thiophene rings is 1. The van der Waals surface area contributed by atoms with Gasteiger partial charge in [-0.05, 0) is 54.8 Å². The molecule has 2 N–H and O–H groups in total. The molecule has 118 valence electrons. The molecule has 0 radical (unpaired) electrons. The number of sulfonamides is 1. The van der Waals surface area contributed by atoms with Crippen LogP contribution >= 0.6 is 11.3 Å². The Labute approximate surface area is 138 Å². The van der Waals surface area contributed by atoms with Gasteiger partial charge in [-0.25, -0.2) is 8.42 Å². The monoisotopic (exact) mass is 346 g/mol. The molecule has 0 atom stereocenters. The minimum absolute atomic E-state index is 0.287. The van der Waals surface area contributed by atoms with Gasteiger partial charge in [0.2, 0.25) is 0 Å². The van der Waals surface area contributed by atoms with Crippen molar-refractivity contribution in [3.63, 3.8) is 0 Å². The Morgan fingerprint density at radius 2 is 1.70 bits per heavy atom. The fourth-order valence-electron chi connectivity index (χ4n) is 1.86. The average Bonchev–Trinajstić information content (AvgIpc) is 3.07. The van der Waals surface area contributed by atoms with Crippen LogP contribution in [-0.4, -0.2) is 18.6 Å². The van der Waals surface area contributed by atoms with Crippen LogP contribution in [0.1, 0.15) is 5.69 Å². The third-order valence-electron chi connectivity index (χ3n) is 2.97. The van der Waals surface area contributed by atoms with Crippen LogP contribution in [0.3, 0.4) is 0 Å². The largest absolute Gasteiger partial charge is 0.339 e. The number of hydrogen-bond acceptors (Lipinski definition) is 6. The van der Waals surface area contributed by atoms with Gasteiger partial charge < -0.3 is 5.32 Å². The summed E-state index contributed by atoms with van der Waals surface area (Å²) in [6.45, 7) is 1.87. The van der Waals surface area contributed by atoms with Crippen molar-refractivity contribution in [3.05, 3.63) is 59.6 Å². The minimum atomic E-state index is -3.52. The summed E-state index contributed by atoms with van der Waals surface area (Å²) in [4.78, 5) is 0. The highest BCUT2D eigenvalue weighted by atomic mass is 32.2. The predicted molar refractivity (Wildman–Crippen MR) is 91.6 cm³/mol. The van der Waals surface area contributed by atoms with E-state index in [-0.39, 0.29) is 4.21 Å². The average molecular weight is 346 g/mol. The molecule has 0 fully saturated rings. The van der Waals surface area contributed by atoms with Gasteiger partial charge >= 0.3 is 0 Å². The van der Waals surface area contributed by atoms with Gasteiger partial charge in [-0.2, -0.15) is 5.10 Å². The highest BCUT2D eigenvalue weighted by Gasteiger charge is 2.14. The SMILES string of the molecule is Cc1ccc(Nc2ccc(NS(=O)(=O)c3cccs3)cc2)nn1. The molecule has 6 nitrogen and oxygen atoms in total. The van der Waals surface area contributed by atoms with Crippen molar-refractivity contribution in [2.24, 2.45) is 0 Å². The van der Waals surface area contributed by atoms with Crippen molar-refractivity contribution in [2.45, 2.75) is 11.1 Å². The van der Waals surface area contributed by atoms with Gasteiger partial charge in [0.25, 0.3) is 10.0 Å². The number of hydrogen-bond donors (Lipinski definition) is 2. The van der Waals surface area contributed by atoms with Crippen molar-refractivity contribution >= 4 is 38.6 Å². The Morgan fingerprint density at radius 1 is 0.957 bits per heavy atom. The lowest BCUT2D eigenvalue weighted by Gasteiger charge is -2.08. The maximum atomic E-state index is 12.1. The van der Waals surface area contributed by atoms with Crippen LogP contribution in [0.2, 0.25) is 0 Å². The highest BCUT2D eigenvalue weighted by Crippen LogP contribution is 2.22. The van der Waals surface area contributed by atoms with Crippen LogP contribution < -0.4 is 10.0 Å². The molecule has 8 heteroatoms. The summed E-state index contributed by atoms with van der Waals surface area (Å²) in [5.74, 6) is 0.627. The molecule has 0 aliphatic heterocycles. The number of rotatable bonds is 5. The standard InChI is InChI=1S/C15H14N4O2S2/c1-11-4-9-14(18-17-11)16-12-5-7-13(8-6-12)19-23(20,21)15-3-2-10-22-15/h2-10,19H,1H3,(H,16,18). The van der Waals surface area contributed by atoms with Crippen LogP contribution in [0, 0.1) is 6.92 Å². The van der Waals surface area contributed by atoms with Gasteiger partial charge in [0, 0.05) is 11.4 Å². The van der Waals surface area contributed by atoms with Crippen molar-refractivity contribution in [3.8, 4) is 0 Å². The summed E-state index contributed by atoms with van der Waals surface area (Å²) in [6.07, 6.45) is 0. The molecule has 2 aromatic heterocycles. The lowest BCUT2D eigenvalue weighted by Crippen LogP contribution is -2.11. The molecule has 0 aliphatic carbocycles. The molecule has 0 amide bonds. The van der Waals surface area contributed by atoms with Crippen molar-refractivity contribution in [2.75, 3.05) is 10.0 Å². The summed E-state index contributed by atoms with van der Waals surface area (Å²) in [5, 5.41) is 12.8. The van der Waals surface area contributed by atoms with Gasteiger partial charge in [0.15, 0.2) is 5.82 Å². The number of nitrogens with one attached hydrogen (secondary N) is 2. The summed E-state index contributed by atoms with van der Waals surface area (Å²) in [5.41, 5.74) is 2.13. The van der Waals surface area contributed by atoms with Gasteiger partial charge in [-0.15, -0.1) is 16.4 Å². The third kappa shape index (κ3) is 3.85. The van der Waals surface area contributed by atoms with Crippen LogP contribution in [0.5, 0.6) is 0 Å². The fourth-order valence-corrected chi connectivity index (χ4v) is 3.91. The molecule has 3 aromatic rings. The summed E-state index contributed by atoms with van der Waals surface area (Å²) >= 11 is 1.18. The Hall–Kier alpha value is -2.45. The molecule has 23 heavy (non-hydrogen) atoms. The third-order valence-corrected chi connectivity index (χ3v) is 5.75. The Morgan fingerprint density at radius 3 is 2.30 bits per heavy atom. The van der Waals surface area contributed by atoms with Gasteiger partial charge in [0.05, 0.1) is 5.69 Å². The molecule has 0 unspecified atom stereocenters. The molecule has 3 rings (SSSR count). The van der Waals surface area contributed by atoms with E-state index in [1.54, 1.807) is 41.8 Å². The van der Waals surface area contributed by atoms with E-state index in [2.05, 4.69) is 20.2 Å². The van der Waals surface area contributed by atoms with Crippen molar-refractivity contribution in [1.82, 2.24) is 10.2 Å². The second-order valence-electron chi connectivity index (χ2n) is 4.80. The molecule has 2 heterocycles. The van der Waals surface area contributed by atoms with Crippen LogP contribution in [-0.2, 0) is 10.0 Å². The van der Waals surface area contributed by atoms with Crippen molar-refractivity contribution < 1.29 is 8.42 Å². The zero-order chi connectivity index (χ0) is 16.3. The number of aryl methyl sites for hydroxylation is 1. The van der Waals surface area contributed by atoms with Crippen LogP contribution in [0.25, 0.3) is 0 Å². The Balaban J connectivity index is 1.71. The fraction of sp³-hybridized carbons (Fsp3) is 0.0667. The molecule has 0 bridgehead atoms. The first kappa shape index (κ1) is 15.4. The predicted octanol–water partition coefficient (Wildman–Crippen LogP) is 3.39. The zero-order valence-electron chi connectivity index (χ0n) is 12.2. The number of anilines is 3. The maximum absolute atomic E-state index is 12.1. The number of benzene rings is 1. The highest BCUT2D eigenvalue weighted by molar-refractivity contribution is 7.94. The van der Waals surface area contributed by atoms with E-state index in [1.165, 1.54) is 11.3 Å². The molecule has 0 saturated heterocycles. The van der Waals surface area contributed by atoms with E-state index in [4.69, 9.17) is 0 Å². The number of aromatic nitrogens is 2. The molecule has 0 aliphatic rings.